The number of aromatic nitrogens is 4. The lowest BCUT2D eigenvalue weighted by Crippen LogP contribution is -2.00. The van der Waals surface area contributed by atoms with E-state index in [9.17, 15) is 0 Å². The van der Waals surface area contributed by atoms with E-state index in [1.807, 2.05) is 36.4 Å². The zero-order chi connectivity index (χ0) is 13.8. The van der Waals surface area contributed by atoms with E-state index in [1.165, 1.54) is 0 Å². The second-order valence-electron chi connectivity index (χ2n) is 4.30. The molecule has 0 aliphatic rings. The van der Waals surface area contributed by atoms with E-state index in [4.69, 9.17) is 5.73 Å². The van der Waals surface area contributed by atoms with E-state index in [2.05, 4.69) is 27.0 Å². The minimum atomic E-state index is 0.469. The Bertz CT molecular complexity index is 761. The van der Waals surface area contributed by atoms with E-state index >= 15 is 0 Å². The maximum Gasteiger partial charge on any atom is 0.123 e. The predicted octanol–water partition coefficient (Wildman–Crippen LogP) is 1.65. The summed E-state index contributed by atoms with van der Waals surface area (Å²) in [6, 6.07) is 13.3. The van der Waals surface area contributed by atoms with Crippen molar-refractivity contribution in [1.82, 2.24) is 20.0 Å². The number of hydrogen-bond donors (Lipinski definition) is 1. The van der Waals surface area contributed by atoms with Gasteiger partial charge < -0.3 is 5.73 Å². The molecule has 0 bridgehead atoms. The smallest absolute Gasteiger partial charge is 0.123 e. The number of nitrogens with zero attached hydrogens (tertiary/aromatic N) is 4. The van der Waals surface area contributed by atoms with Crippen molar-refractivity contribution in [3.8, 4) is 11.8 Å². The van der Waals surface area contributed by atoms with Crippen molar-refractivity contribution in [2.45, 2.75) is 13.0 Å². The molecule has 0 aliphatic heterocycles. The van der Waals surface area contributed by atoms with Crippen molar-refractivity contribution in [1.29, 1.82) is 0 Å². The summed E-state index contributed by atoms with van der Waals surface area (Å²) < 4.78 is 0. The van der Waals surface area contributed by atoms with Crippen molar-refractivity contribution in [3.63, 3.8) is 0 Å². The molecule has 0 radical (unpaired) electrons. The van der Waals surface area contributed by atoms with Crippen molar-refractivity contribution < 1.29 is 0 Å². The second kappa shape index (κ2) is 5.41. The maximum atomic E-state index is 5.61. The normalized spacial score (nSPS) is 10.2. The molecule has 0 atom stereocenters. The first-order valence-corrected chi connectivity index (χ1v) is 6.28. The van der Waals surface area contributed by atoms with Crippen LogP contribution in [-0.4, -0.2) is 20.0 Å². The molecule has 20 heavy (non-hydrogen) atoms. The lowest BCUT2D eigenvalue weighted by molar-refractivity contribution is 0.622. The molecule has 1 aromatic carbocycles. The largest absolute Gasteiger partial charge is 0.384 e. The summed E-state index contributed by atoms with van der Waals surface area (Å²) in [5, 5.41) is 8.68. The van der Waals surface area contributed by atoms with Crippen molar-refractivity contribution in [2.75, 3.05) is 5.73 Å². The average molecular weight is 263 g/mol. The Labute approximate surface area is 116 Å². The van der Waals surface area contributed by atoms with Crippen molar-refractivity contribution in [2.24, 2.45) is 0 Å². The number of nitrogens with two attached hydrogens (primary N) is 1. The van der Waals surface area contributed by atoms with Crippen molar-refractivity contribution in [3.05, 3.63) is 48.2 Å². The lowest BCUT2D eigenvalue weighted by atomic mass is 10.3. The van der Waals surface area contributed by atoms with Crippen molar-refractivity contribution >= 4 is 16.9 Å². The number of rotatable bonds is 2. The van der Waals surface area contributed by atoms with Gasteiger partial charge in [0.25, 0.3) is 0 Å². The van der Waals surface area contributed by atoms with E-state index in [0.29, 0.717) is 18.8 Å². The summed E-state index contributed by atoms with van der Waals surface area (Å²) in [6.07, 6.45) is 0.575. The molecule has 5 heteroatoms. The molecular formula is C15H13N5. The molecule has 2 N–H and O–H groups in total. The number of benzene rings is 1. The third kappa shape index (κ3) is 2.75. The fraction of sp³-hybridized carbons (Fsp3) is 0.133. The summed E-state index contributed by atoms with van der Waals surface area (Å²) in [5.74, 6) is 6.61. The van der Waals surface area contributed by atoms with Gasteiger partial charge in [0.2, 0.25) is 0 Å². The van der Waals surface area contributed by atoms with Crippen LogP contribution >= 0.6 is 0 Å². The molecule has 0 unspecified atom stereocenters. The van der Waals surface area contributed by atoms with E-state index < -0.39 is 0 Å². The number of fused-ring (bicyclic) bond motifs is 1. The van der Waals surface area contributed by atoms with Crippen LogP contribution in [0.2, 0.25) is 0 Å². The van der Waals surface area contributed by atoms with Crippen LogP contribution in [0.3, 0.4) is 0 Å². The topological polar surface area (TPSA) is 69.6 Å². The number of pyridine rings is 1. The molecule has 2 heterocycles. The van der Waals surface area contributed by atoms with Gasteiger partial charge in [-0.1, -0.05) is 30.0 Å². The van der Waals surface area contributed by atoms with Gasteiger partial charge in [0.05, 0.1) is 12.1 Å². The molecule has 0 aliphatic carbocycles. The molecule has 5 nitrogen and oxygen atoms in total. The minimum Gasteiger partial charge on any atom is -0.384 e. The van der Waals surface area contributed by atoms with Crippen LogP contribution in [-0.2, 0) is 13.0 Å². The Balaban J connectivity index is 1.66. The van der Waals surface area contributed by atoms with Gasteiger partial charge in [-0.2, -0.15) is 15.0 Å². The third-order valence-corrected chi connectivity index (χ3v) is 2.77. The van der Waals surface area contributed by atoms with E-state index in [-0.39, 0.29) is 0 Å². The standard InChI is InChI=1S/C15H13N5/c16-15-10-5-7-12(17-15)6-3-4-11-20-18-13-8-1-2-9-14(13)19-20/h1-2,5,7-10H,6,11H2,(H2,16,17). The number of anilines is 1. The summed E-state index contributed by atoms with van der Waals surface area (Å²) in [4.78, 5) is 5.79. The zero-order valence-electron chi connectivity index (χ0n) is 10.8. The molecule has 0 fully saturated rings. The molecule has 2 aromatic heterocycles. The van der Waals surface area contributed by atoms with Gasteiger partial charge in [-0.05, 0) is 24.3 Å². The molecule has 0 saturated carbocycles. The molecule has 0 spiro atoms. The fourth-order valence-electron chi connectivity index (χ4n) is 1.85. The number of nitrogen functional groups attached to an aromatic ring is 1. The fourth-order valence-corrected chi connectivity index (χ4v) is 1.85. The Morgan fingerprint density at radius 3 is 2.40 bits per heavy atom. The number of hydrogen-bond acceptors (Lipinski definition) is 4. The summed E-state index contributed by atoms with van der Waals surface area (Å²) in [5.41, 5.74) is 8.25. The molecule has 98 valence electrons. The summed E-state index contributed by atoms with van der Waals surface area (Å²) in [7, 11) is 0. The first-order chi connectivity index (χ1) is 9.81. The highest BCUT2D eigenvalue weighted by atomic mass is 15.5. The Kier molecular flexibility index (Phi) is 3.29. The van der Waals surface area contributed by atoms with Crippen LogP contribution in [0.25, 0.3) is 11.0 Å². The van der Waals surface area contributed by atoms with E-state index in [0.717, 1.165) is 16.7 Å². The Morgan fingerprint density at radius 1 is 0.950 bits per heavy atom. The molecule has 3 aromatic rings. The highest BCUT2D eigenvalue weighted by Crippen LogP contribution is 2.06. The van der Waals surface area contributed by atoms with E-state index in [1.54, 1.807) is 10.9 Å². The van der Waals surface area contributed by atoms with Crippen LogP contribution in [0.5, 0.6) is 0 Å². The molecular weight excluding hydrogens is 250 g/mol. The zero-order valence-corrected chi connectivity index (χ0v) is 10.8. The van der Waals surface area contributed by atoms with Gasteiger partial charge in [-0.3, -0.25) is 0 Å². The highest BCUT2D eigenvalue weighted by Gasteiger charge is 1.98. The van der Waals surface area contributed by atoms with Crippen LogP contribution < -0.4 is 5.73 Å². The van der Waals surface area contributed by atoms with Crippen LogP contribution in [0, 0.1) is 11.8 Å². The SMILES string of the molecule is Nc1cccc(CC#CCn2nc3ccccc3n2)n1. The molecule has 0 amide bonds. The molecule has 3 rings (SSSR count). The molecule has 0 saturated heterocycles. The van der Waals surface area contributed by atoms with Gasteiger partial charge in [0, 0.05) is 0 Å². The van der Waals surface area contributed by atoms with Gasteiger partial charge in [0.15, 0.2) is 0 Å². The van der Waals surface area contributed by atoms with Gasteiger partial charge in [-0.25, -0.2) is 4.98 Å². The summed E-state index contributed by atoms with van der Waals surface area (Å²) >= 11 is 0. The Hall–Kier alpha value is -2.87. The van der Waals surface area contributed by atoms with Gasteiger partial charge in [0.1, 0.15) is 23.4 Å². The predicted molar refractivity (Wildman–Crippen MR) is 77.7 cm³/mol. The van der Waals surface area contributed by atoms with Gasteiger partial charge in [-0.15, -0.1) is 0 Å². The van der Waals surface area contributed by atoms with Gasteiger partial charge >= 0.3 is 0 Å². The lowest BCUT2D eigenvalue weighted by Gasteiger charge is -1.95. The monoisotopic (exact) mass is 263 g/mol. The average Bonchev–Trinajstić information content (AvgIpc) is 2.86. The van der Waals surface area contributed by atoms with Crippen LogP contribution in [0.4, 0.5) is 5.82 Å². The van der Waals surface area contributed by atoms with Crippen LogP contribution in [0.1, 0.15) is 5.69 Å². The van der Waals surface area contributed by atoms with Crippen LogP contribution in [0.15, 0.2) is 42.5 Å². The first kappa shape index (κ1) is 12.2. The highest BCUT2D eigenvalue weighted by molar-refractivity contribution is 5.72. The quantitative estimate of drug-likeness (QED) is 0.714. The maximum absolute atomic E-state index is 5.61. The third-order valence-electron chi connectivity index (χ3n) is 2.77. The second-order valence-corrected chi connectivity index (χ2v) is 4.30. The minimum absolute atomic E-state index is 0.469. The Morgan fingerprint density at radius 2 is 1.70 bits per heavy atom. The summed E-state index contributed by atoms with van der Waals surface area (Å²) in [6.45, 7) is 0.469. The first-order valence-electron chi connectivity index (χ1n) is 6.28.